The summed E-state index contributed by atoms with van der Waals surface area (Å²) in [5.74, 6) is 1.35. The summed E-state index contributed by atoms with van der Waals surface area (Å²) in [4.78, 5) is 0. The van der Waals surface area contributed by atoms with E-state index in [0.29, 0.717) is 0 Å². The number of nitrogens with two attached hydrogens (primary N) is 1. The summed E-state index contributed by atoms with van der Waals surface area (Å²) in [5, 5.41) is 0. The SMILES string of the molecule is NCCCCCS[SiH3]. The molecule has 0 amide bonds. The van der Waals surface area contributed by atoms with E-state index in [2.05, 4.69) is 11.2 Å². The lowest BCUT2D eigenvalue weighted by molar-refractivity contribution is 0.733. The second-order valence-corrected chi connectivity index (χ2v) is 4.56. The van der Waals surface area contributed by atoms with Crippen LogP contribution in [0.3, 0.4) is 0 Å². The van der Waals surface area contributed by atoms with Gasteiger partial charge in [-0.15, -0.1) is 0 Å². The summed E-state index contributed by atoms with van der Waals surface area (Å²) in [5.41, 5.74) is 5.31. The van der Waals surface area contributed by atoms with Crippen LogP contribution in [-0.2, 0) is 0 Å². The first kappa shape index (κ1) is 8.53. The zero-order chi connectivity index (χ0) is 6.24. The summed E-state index contributed by atoms with van der Waals surface area (Å²) < 4.78 is 0. The predicted molar refractivity (Wildman–Crippen MR) is 45.3 cm³/mol. The van der Waals surface area contributed by atoms with Crippen molar-refractivity contribution in [2.45, 2.75) is 19.3 Å². The molecule has 0 fully saturated rings. The van der Waals surface area contributed by atoms with Crippen molar-refractivity contribution in [1.29, 1.82) is 0 Å². The molecule has 8 heavy (non-hydrogen) atoms. The van der Waals surface area contributed by atoms with Crippen LogP contribution in [0.1, 0.15) is 19.3 Å². The Morgan fingerprint density at radius 3 is 2.50 bits per heavy atom. The van der Waals surface area contributed by atoms with Gasteiger partial charge in [-0.05, 0) is 25.1 Å². The standard InChI is InChI=1S/C5H15NSSi/c6-4-2-1-3-5-7-8/h1-6H2,8H3. The molecular formula is C5H15NSSi. The molecule has 1 nitrogen and oxygen atoms in total. The van der Waals surface area contributed by atoms with Crippen LogP contribution >= 0.6 is 11.2 Å². The van der Waals surface area contributed by atoms with Crippen molar-refractivity contribution < 1.29 is 0 Å². The average molecular weight is 149 g/mol. The largest absolute Gasteiger partial charge is 0.330 e. The second kappa shape index (κ2) is 7.53. The minimum absolute atomic E-state index is 0.867. The van der Waals surface area contributed by atoms with Gasteiger partial charge < -0.3 is 5.73 Å². The molecule has 0 aliphatic rings. The smallest absolute Gasteiger partial charge is 0.0694 e. The lowest BCUT2D eigenvalue weighted by Gasteiger charge is -1.94. The van der Waals surface area contributed by atoms with E-state index in [4.69, 9.17) is 5.73 Å². The Bertz CT molecular complexity index is 37.4. The summed E-state index contributed by atoms with van der Waals surface area (Å²) in [6.45, 7) is 0.867. The van der Waals surface area contributed by atoms with Gasteiger partial charge in [0.25, 0.3) is 0 Å². The first-order valence-corrected chi connectivity index (χ1v) is 6.95. The van der Waals surface area contributed by atoms with E-state index in [1.807, 2.05) is 0 Å². The summed E-state index contributed by atoms with van der Waals surface area (Å²) in [6.07, 6.45) is 3.90. The van der Waals surface area contributed by atoms with Crippen molar-refractivity contribution >= 4 is 20.6 Å². The molecule has 0 aromatic rings. The van der Waals surface area contributed by atoms with Gasteiger partial charge in [-0.2, -0.15) is 11.2 Å². The molecule has 0 heterocycles. The zero-order valence-corrected chi connectivity index (χ0v) is 8.34. The highest BCUT2D eigenvalue weighted by molar-refractivity contribution is 8.19. The molecule has 0 spiro atoms. The second-order valence-electron chi connectivity index (χ2n) is 1.84. The van der Waals surface area contributed by atoms with Crippen molar-refractivity contribution in [2.24, 2.45) is 5.73 Å². The van der Waals surface area contributed by atoms with E-state index in [-0.39, 0.29) is 0 Å². The number of hydrogen-bond donors (Lipinski definition) is 1. The van der Waals surface area contributed by atoms with E-state index in [0.717, 1.165) is 6.54 Å². The van der Waals surface area contributed by atoms with Gasteiger partial charge in [-0.25, -0.2) is 0 Å². The van der Waals surface area contributed by atoms with Crippen molar-refractivity contribution in [3.8, 4) is 0 Å². The number of rotatable bonds is 5. The molecule has 0 aliphatic carbocycles. The molecule has 50 valence electrons. The van der Waals surface area contributed by atoms with E-state index < -0.39 is 0 Å². The molecule has 0 aliphatic heterocycles. The van der Waals surface area contributed by atoms with Gasteiger partial charge in [0, 0.05) is 0 Å². The molecular weight excluding hydrogens is 134 g/mol. The maximum Gasteiger partial charge on any atom is 0.0694 e. The van der Waals surface area contributed by atoms with Crippen LogP contribution in [0.2, 0.25) is 0 Å². The Morgan fingerprint density at radius 1 is 1.25 bits per heavy atom. The van der Waals surface area contributed by atoms with Gasteiger partial charge in [-0.1, -0.05) is 6.42 Å². The maximum absolute atomic E-state index is 5.31. The fourth-order valence-electron chi connectivity index (χ4n) is 0.568. The van der Waals surface area contributed by atoms with Crippen molar-refractivity contribution in [3.63, 3.8) is 0 Å². The van der Waals surface area contributed by atoms with Crippen molar-refractivity contribution in [3.05, 3.63) is 0 Å². The highest BCUT2D eigenvalue weighted by Crippen LogP contribution is 1.99. The van der Waals surface area contributed by atoms with Crippen molar-refractivity contribution in [1.82, 2.24) is 0 Å². The van der Waals surface area contributed by atoms with Gasteiger partial charge in [0.05, 0.1) is 9.39 Å². The molecule has 0 saturated carbocycles. The fourth-order valence-corrected chi connectivity index (χ4v) is 1.93. The third-order valence-electron chi connectivity index (χ3n) is 1.05. The van der Waals surface area contributed by atoms with Crippen molar-refractivity contribution in [2.75, 3.05) is 12.3 Å². The lowest BCUT2D eigenvalue weighted by Crippen LogP contribution is -1.97. The molecule has 0 radical (unpaired) electrons. The highest BCUT2D eigenvalue weighted by atomic mass is 32.4. The Kier molecular flexibility index (Phi) is 8.02. The topological polar surface area (TPSA) is 26.0 Å². The van der Waals surface area contributed by atoms with Gasteiger partial charge in [0.2, 0.25) is 0 Å². The zero-order valence-electron chi connectivity index (χ0n) is 5.52. The Hall–Kier alpha value is 0.527. The van der Waals surface area contributed by atoms with Gasteiger partial charge in [-0.3, -0.25) is 0 Å². The quantitative estimate of drug-likeness (QED) is 0.444. The van der Waals surface area contributed by atoms with Gasteiger partial charge in [0.1, 0.15) is 0 Å². The normalized spacial score (nSPS) is 10.1. The van der Waals surface area contributed by atoms with Crippen LogP contribution in [0.5, 0.6) is 0 Å². The molecule has 0 aromatic heterocycles. The van der Waals surface area contributed by atoms with E-state index >= 15 is 0 Å². The number of unbranched alkanes of at least 4 members (excludes halogenated alkanes) is 2. The van der Waals surface area contributed by atoms with Crippen LogP contribution in [0.25, 0.3) is 0 Å². The van der Waals surface area contributed by atoms with Crippen LogP contribution in [0.4, 0.5) is 0 Å². The maximum atomic E-state index is 5.31. The fraction of sp³-hybridized carbons (Fsp3) is 1.00. The minimum atomic E-state index is 0.867. The molecule has 2 N–H and O–H groups in total. The average Bonchev–Trinajstić information content (AvgIpc) is 1.81. The molecule has 0 bridgehead atoms. The monoisotopic (exact) mass is 149 g/mol. The van der Waals surface area contributed by atoms with Crippen LogP contribution in [0.15, 0.2) is 0 Å². The number of hydrogen-bond acceptors (Lipinski definition) is 2. The van der Waals surface area contributed by atoms with Crippen LogP contribution in [0, 0.1) is 0 Å². The molecule has 0 rings (SSSR count). The van der Waals surface area contributed by atoms with Gasteiger partial charge in [0.15, 0.2) is 0 Å². The Labute approximate surface area is 58.5 Å². The van der Waals surface area contributed by atoms with Crippen LogP contribution < -0.4 is 5.73 Å². The summed E-state index contributed by atoms with van der Waals surface area (Å²) in [6, 6.07) is 0. The molecule has 0 saturated heterocycles. The van der Waals surface area contributed by atoms with E-state index in [1.54, 1.807) is 0 Å². The van der Waals surface area contributed by atoms with E-state index in [1.165, 1.54) is 34.4 Å². The third kappa shape index (κ3) is 6.53. The predicted octanol–water partition coefficient (Wildman–Crippen LogP) is 0.129. The molecule has 0 atom stereocenters. The van der Waals surface area contributed by atoms with E-state index in [9.17, 15) is 0 Å². The molecule has 0 unspecified atom stereocenters. The first-order valence-electron chi connectivity index (χ1n) is 3.11. The summed E-state index contributed by atoms with van der Waals surface area (Å²) in [7, 11) is 1.29. The van der Waals surface area contributed by atoms with Crippen LogP contribution in [-0.4, -0.2) is 21.7 Å². The summed E-state index contributed by atoms with van der Waals surface area (Å²) >= 11 is 2.05. The first-order chi connectivity index (χ1) is 3.91. The minimum Gasteiger partial charge on any atom is -0.330 e. The molecule has 3 heteroatoms. The third-order valence-corrected chi connectivity index (χ3v) is 2.97. The highest BCUT2D eigenvalue weighted by Gasteiger charge is 1.83. The Balaban J connectivity index is 2.53. The molecule has 0 aromatic carbocycles. The lowest BCUT2D eigenvalue weighted by atomic mass is 10.2. The van der Waals surface area contributed by atoms with Gasteiger partial charge >= 0.3 is 0 Å². The Morgan fingerprint density at radius 2 is 2.00 bits per heavy atom.